The van der Waals surface area contributed by atoms with E-state index < -0.39 is 10.0 Å². The second-order valence-electron chi connectivity index (χ2n) is 4.21. The van der Waals surface area contributed by atoms with Crippen LogP contribution in [0.3, 0.4) is 0 Å². The van der Waals surface area contributed by atoms with Crippen LogP contribution in [0.15, 0.2) is 0 Å². The van der Waals surface area contributed by atoms with Crippen LogP contribution in [0.5, 0.6) is 0 Å². The van der Waals surface area contributed by atoms with E-state index in [0.29, 0.717) is 12.5 Å². The molecule has 0 aliphatic carbocycles. The van der Waals surface area contributed by atoms with Crippen molar-refractivity contribution in [2.45, 2.75) is 52.6 Å². The molecule has 0 bridgehead atoms. The molecule has 0 rings (SSSR count). The first kappa shape index (κ1) is 14.9. The number of nitrogens with one attached hydrogen (secondary N) is 2. The predicted octanol–water partition coefficient (Wildman–Crippen LogP) is 1.09. The average molecular weight is 236 g/mol. The van der Waals surface area contributed by atoms with E-state index in [0.717, 1.165) is 13.0 Å². The largest absolute Gasteiger partial charge is 0.314 e. The lowest BCUT2D eigenvalue weighted by atomic mass is 10.3. The third-order valence-electron chi connectivity index (χ3n) is 2.14. The van der Waals surface area contributed by atoms with E-state index in [4.69, 9.17) is 0 Å². The fraction of sp³-hybridized carbons (Fsp3) is 1.00. The van der Waals surface area contributed by atoms with Crippen LogP contribution < -0.4 is 10.0 Å². The van der Waals surface area contributed by atoms with Crippen molar-refractivity contribution in [1.29, 1.82) is 0 Å². The molecule has 0 aromatic heterocycles. The van der Waals surface area contributed by atoms with Crippen LogP contribution in [0, 0.1) is 0 Å². The van der Waals surface area contributed by atoms with Gasteiger partial charge in [0.25, 0.3) is 0 Å². The summed E-state index contributed by atoms with van der Waals surface area (Å²) in [6.07, 6.45) is 1.48. The van der Waals surface area contributed by atoms with Crippen LogP contribution in [-0.4, -0.2) is 32.8 Å². The highest BCUT2D eigenvalue weighted by molar-refractivity contribution is 7.89. The van der Waals surface area contributed by atoms with E-state index in [1.54, 1.807) is 0 Å². The Kier molecular flexibility index (Phi) is 7.13. The molecule has 0 saturated carbocycles. The van der Waals surface area contributed by atoms with E-state index in [2.05, 4.69) is 10.0 Å². The summed E-state index contributed by atoms with van der Waals surface area (Å²) in [6, 6.07) is 0.447. The Morgan fingerprint density at radius 3 is 2.27 bits per heavy atom. The Morgan fingerprint density at radius 2 is 1.80 bits per heavy atom. The van der Waals surface area contributed by atoms with E-state index in [-0.39, 0.29) is 11.8 Å². The number of hydrogen-bond acceptors (Lipinski definition) is 3. The van der Waals surface area contributed by atoms with Crippen LogP contribution in [0.1, 0.15) is 40.5 Å². The summed E-state index contributed by atoms with van der Waals surface area (Å²) >= 11 is 0. The van der Waals surface area contributed by atoms with Crippen molar-refractivity contribution in [1.82, 2.24) is 10.0 Å². The fourth-order valence-electron chi connectivity index (χ4n) is 1.10. The average Bonchev–Trinajstić information content (AvgIpc) is 2.11. The standard InChI is InChI=1S/C10H24N2O2S/c1-5-10(4)12-15(13,14)8-6-7-11-9(2)3/h9-12H,5-8H2,1-4H3. The lowest BCUT2D eigenvalue weighted by Crippen LogP contribution is -2.35. The number of hydrogen-bond donors (Lipinski definition) is 2. The van der Waals surface area contributed by atoms with Crippen molar-refractivity contribution < 1.29 is 8.42 Å². The molecule has 0 spiro atoms. The van der Waals surface area contributed by atoms with Gasteiger partial charge in [-0.1, -0.05) is 20.8 Å². The first-order chi connectivity index (χ1) is 6.87. The van der Waals surface area contributed by atoms with E-state index in [1.165, 1.54) is 0 Å². The molecule has 5 heteroatoms. The molecule has 0 heterocycles. The minimum atomic E-state index is -3.08. The molecule has 1 atom stereocenters. The highest BCUT2D eigenvalue weighted by Gasteiger charge is 2.12. The van der Waals surface area contributed by atoms with Gasteiger partial charge in [0.05, 0.1) is 5.75 Å². The molecule has 4 nitrogen and oxygen atoms in total. The molecule has 1 unspecified atom stereocenters. The Hall–Kier alpha value is -0.130. The van der Waals surface area contributed by atoms with Gasteiger partial charge in [-0.25, -0.2) is 13.1 Å². The van der Waals surface area contributed by atoms with Crippen molar-refractivity contribution in [3.63, 3.8) is 0 Å². The van der Waals surface area contributed by atoms with Crippen molar-refractivity contribution in [3.8, 4) is 0 Å². The smallest absolute Gasteiger partial charge is 0.211 e. The molecule has 15 heavy (non-hydrogen) atoms. The molecule has 2 N–H and O–H groups in total. The van der Waals surface area contributed by atoms with E-state index in [9.17, 15) is 8.42 Å². The maximum Gasteiger partial charge on any atom is 0.211 e. The Bertz CT molecular complexity index is 250. The van der Waals surface area contributed by atoms with Crippen molar-refractivity contribution >= 4 is 10.0 Å². The van der Waals surface area contributed by atoms with Crippen LogP contribution in [0.2, 0.25) is 0 Å². The normalized spacial score (nSPS) is 14.5. The van der Waals surface area contributed by atoms with Crippen LogP contribution >= 0.6 is 0 Å². The van der Waals surface area contributed by atoms with Crippen molar-refractivity contribution in [3.05, 3.63) is 0 Å². The summed E-state index contributed by atoms with van der Waals surface area (Å²) in [5.41, 5.74) is 0. The zero-order chi connectivity index (χ0) is 11.9. The summed E-state index contributed by atoms with van der Waals surface area (Å²) in [6.45, 7) is 8.69. The zero-order valence-corrected chi connectivity index (χ0v) is 11.0. The molecule has 0 fully saturated rings. The summed E-state index contributed by atoms with van der Waals surface area (Å²) in [7, 11) is -3.08. The van der Waals surface area contributed by atoms with Crippen LogP contribution in [0.25, 0.3) is 0 Å². The number of sulfonamides is 1. The maximum atomic E-state index is 11.5. The first-order valence-electron chi connectivity index (χ1n) is 5.60. The molecular weight excluding hydrogens is 212 g/mol. The molecular formula is C10H24N2O2S. The minimum Gasteiger partial charge on any atom is -0.314 e. The molecule has 0 aromatic carbocycles. The Morgan fingerprint density at radius 1 is 1.20 bits per heavy atom. The minimum absolute atomic E-state index is 0.0352. The molecule has 0 saturated heterocycles. The van der Waals surface area contributed by atoms with Gasteiger partial charge in [0.2, 0.25) is 10.0 Å². The third kappa shape index (κ3) is 8.84. The molecule has 0 aromatic rings. The van der Waals surface area contributed by atoms with Gasteiger partial charge in [-0.05, 0) is 26.3 Å². The second kappa shape index (κ2) is 7.19. The molecule has 0 amide bonds. The summed E-state index contributed by atoms with van der Waals surface area (Å²) in [5.74, 6) is 0.205. The Labute approximate surface area is 93.9 Å². The van der Waals surface area contributed by atoms with Gasteiger partial charge in [-0.2, -0.15) is 0 Å². The summed E-state index contributed by atoms with van der Waals surface area (Å²) in [4.78, 5) is 0. The quantitative estimate of drug-likeness (QED) is 0.620. The molecule has 92 valence electrons. The van der Waals surface area contributed by atoms with Crippen molar-refractivity contribution in [2.24, 2.45) is 0 Å². The monoisotopic (exact) mass is 236 g/mol. The molecule has 0 aliphatic heterocycles. The third-order valence-corrected chi connectivity index (χ3v) is 3.72. The van der Waals surface area contributed by atoms with Crippen molar-refractivity contribution in [2.75, 3.05) is 12.3 Å². The van der Waals surface area contributed by atoms with Gasteiger partial charge in [-0.15, -0.1) is 0 Å². The van der Waals surface area contributed by atoms with Gasteiger partial charge >= 0.3 is 0 Å². The lowest BCUT2D eigenvalue weighted by Gasteiger charge is -2.12. The van der Waals surface area contributed by atoms with Crippen LogP contribution in [0.4, 0.5) is 0 Å². The summed E-state index contributed by atoms with van der Waals surface area (Å²) < 4.78 is 25.6. The van der Waals surface area contributed by atoms with Gasteiger partial charge in [0, 0.05) is 12.1 Å². The van der Waals surface area contributed by atoms with Gasteiger partial charge < -0.3 is 5.32 Å². The van der Waals surface area contributed by atoms with Gasteiger partial charge in [0.15, 0.2) is 0 Å². The van der Waals surface area contributed by atoms with E-state index in [1.807, 2.05) is 27.7 Å². The topological polar surface area (TPSA) is 58.2 Å². The van der Waals surface area contributed by atoms with Gasteiger partial charge in [-0.3, -0.25) is 0 Å². The first-order valence-corrected chi connectivity index (χ1v) is 7.26. The van der Waals surface area contributed by atoms with Crippen LogP contribution in [-0.2, 0) is 10.0 Å². The summed E-state index contributed by atoms with van der Waals surface area (Å²) in [5, 5.41) is 3.19. The fourth-order valence-corrected chi connectivity index (χ4v) is 2.52. The number of rotatable bonds is 8. The highest BCUT2D eigenvalue weighted by Crippen LogP contribution is 1.95. The Balaban J connectivity index is 3.75. The highest BCUT2D eigenvalue weighted by atomic mass is 32.2. The molecule has 0 radical (unpaired) electrons. The molecule has 0 aliphatic rings. The SMILES string of the molecule is CCC(C)NS(=O)(=O)CCCNC(C)C. The lowest BCUT2D eigenvalue weighted by molar-refractivity contribution is 0.544. The zero-order valence-electron chi connectivity index (χ0n) is 10.2. The second-order valence-corrected chi connectivity index (χ2v) is 6.08. The maximum absolute atomic E-state index is 11.5. The predicted molar refractivity (Wildman–Crippen MR) is 64.4 cm³/mol. The van der Waals surface area contributed by atoms with Gasteiger partial charge in [0.1, 0.15) is 0 Å². The van der Waals surface area contributed by atoms with E-state index >= 15 is 0 Å².